The van der Waals surface area contributed by atoms with Crippen molar-refractivity contribution in [2.45, 2.75) is 18.2 Å². The lowest BCUT2D eigenvalue weighted by molar-refractivity contribution is 0.411. The number of ether oxygens (including phenoxy) is 1. The van der Waals surface area contributed by atoms with Gasteiger partial charge in [-0.05, 0) is 30.7 Å². The van der Waals surface area contributed by atoms with Crippen LogP contribution in [0.4, 0.5) is 0 Å². The summed E-state index contributed by atoms with van der Waals surface area (Å²) in [6.45, 7) is 2.06. The Bertz CT molecular complexity index is 666. The highest BCUT2D eigenvalue weighted by Crippen LogP contribution is 2.21. The van der Waals surface area contributed by atoms with Crippen molar-refractivity contribution in [1.82, 2.24) is 9.71 Å². The van der Waals surface area contributed by atoms with Gasteiger partial charge in [-0.1, -0.05) is 0 Å². The van der Waals surface area contributed by atoms with Crippen molar-refractivity contribution in [1.29, 1.82) is 0 Å². The highest BCUT2D eigenvalue weighted by Gasteiger charge is 2.15. The predicted octanol–water partition coefficient (Wildman–Crippen LogP) is 1.51. The highest BCUT2D eigenvalue weighted by molar-refractivity contribution is 7.89. The minimum absolute atomic E-state index is 0.218. The Labute approximate surface area is 117 Å². The number of sulfonamides is 1. The number of nitrogens with one attached hydrogen (secondary N) is 1. The lowest BCUT2D eigenvalue weighted by Crippen LogP contribution is -2.26. The van der Waals surface area contributed by atoms with Crippen LogP contribution in [0, 0.1) is 6.92 Å². The molecule has 0 atom stereocenters. The third-order valence-corrected chi connectivity index (χ3v) is 4.29. The van der Waals surface area contributed by atoms with Gasteiger partial charge in [-0.15, -0.1) is 0 Å². The second-order valence-electron chi connectivity index (χ2n) is 4.26. The standard InChI is InChI=1S/C13H16N2O4S/c1-10-7-12(3-4-13(10)18-2)20(16,17)15-6-5-11-8-19-9-14-11/h3-4,7-9,15H,5-6H2,1-2H3. The fourth-order valence-electron chi connectivity index (χ4n) is 1.78. The number of methoxy groups -OCH3 is 1. The van der Waals surface area contributed by atoms with Crippen molar-refractivity contribution < 1.29 is 17.6 Å². The van der Waals surface area contributed by atoms with Gasteiger partial charge in [-0.25, -0.2) is 18.1 Å². The van der Waals surface area contributed by atoms with E-state index in [2.05, 4.69) is 9.71 Å². The third-order valence-electron chi connectivity index (χ3n) is 2.83. The minimum atomic E-state index is -3.52. The zero-order chi connectivity index (χ0) is 14.6. The molecule has 0 aliphatic rings. The van der Waals surface area contributed by atoms with Gasteiger partial charge in [0.1, 0.15) is 12.0 Å². The molecule has 0 saturated carbocycles. The Morgan fingerprint density at radius 3 is 2.80 bits per heavy atom. The Hall–Kier alpha value is -1.86. The van der Waals surface area contributed by atoms with E-state index in [0.29, 0.717) is 17.9 Å². The molecule has 0 amide bonds. The Morgan fingerprint density at radius 1 is 1.40 bits per heavy atom. The van der Waals surface area contributed by atoms with E-state index in [1.807, 2.05) is 0 Å². The molecule has 0 fully saturated rings. The normalized spacial score (nSPS) is 11.5. The summed E-state index contributed by atoms with van der Waals surface area (Å²) in [7, 11) is -1.98. The first kappa shape index (κ1) is 14.5. The molecule has 6 nitrogen and oxygen atoms in total. The molecule has 0 radical (unpaired) electrons. The van der Waals surface area contributed by atoms with E-state index < -0.39 is 10.0 Å². The third kappa shape index (κ3) is 3.37. The maximum atomic E-state index is 12.1. The average Bonchev–Trinajstić information content (AvgIpc) is 2.91. The van der Waals surface area contributed by atoms with Crippen LogP contribution in [0.15, 0.2) is 40.2 Å². The molecule has 0 saturated heterocycles. The number of aromatic nitrogens is 1. The van der Waals surface area contributed by atoms with Crippen LogP contribution < -0.4 is 9.46 Å². The van der Waals surface area contributed by atoms with E-state index in [1.165, 1.54) is 18.7 Å². The largest absolute Gasteiger partial charge is 0.496 e. The molecule has 0 unspecified atom stereocenters. The molecule has 1 aromatic heterocycles. The molecule has 1 N–H and O–H groups in total. The molecule has 7 heteroatoms. The number of hydrogen-bond donors (Lipinski definition) is 1. The van der Waals surface area contributed by atoms with E-state index in [1.54, 1.807) is 26.2 Å². The highest BCUT2D eigenvalue weighted by atomic mass is 32.2. The number of benzene rings is 1. The van der Waals surface area contributed by atoms with Crippen LogP contribution in [0.2, 0.25) is 0 Å². The van der Waals surface area contributed by atoms with Gasteiger partial charge in [0, 0.05) is 13.0 Å². The summed E-state index contributed by atoms with van der Waals surface area (Å²) < 4.78 is 36.7. The molecule has 1 aromatic carbocycles. The summed E-state index contributed by atoms with van der Waals surface area (Å²) in [4.78, 5) is 4.15. The first-order valence-electron chi connectivity index (χ1n) is 6.04. The SMILES string of the molecule is COc1ccc(S(=O)(=O)NCCc2cocn2)cc1C. The lowest BCUT2D eigenvalue weighted by atomic mass is 10.2. The van der Waals surface area contributed by atoms with Crippen molar-refractivity contribution in [3.8, 4) is 5.75 Å². The Balaban J connectivity index is 2.04. The van der Waals surface area contributed by atoms with Crippen molar-refractivity contribution in [2.24, 2.45) is 0 Å². The van der Waals surface area contributed by atoms with E-state index in [0.717, 1.165) is 5.56 Å². The number of rotatable bonds is 6. The zero-order valence-electron chi connectivity index (χ0n) is 11.3. The molecule has 2 rings (SSSR count). The molecule has 0 bridgehead atoms. The fourth-order valence-corrected chi connectivity index (χ4v) is 2.89. The second kappa shape index (κ2) is 6.06. The number of aryl methyl sites for hydroxylation is 1. The molecule has 0 aliphatic heterocycles. The molecule has 108 valence electrons. The van der Waals surface area contributed by atoms with Gasteiger partial charge in [0.05, 0.1) is 17.7 Å². The van der Waals surface area contributed by atoms with E-state index >= 15 is 0 Å². The zero-order valence-corrected chi connectivity index (χ0v) is 12.1. The average molecular weight is 296 g/mol. The summed E-state index contributed by atoms with van der Waals surface area (Å²) >= 11 is 0. The van der Waals surface area contributed by atoms with Gasteiger partial charge in [-0.3, -0.25) is 0 Å². The summed E-state index contributed by atoms with van der Waals surface area (Å²) in [5.74, 6) is 0.659. The number of oxazole rings is 1. The van der Waals surface area contributed by atoms with Gasteiger partial charge in [0.2, 0.25) is 10.0 Å². The quantitative estimate of drug-likeness (QED) is 0.874. The van der Waals surface area contributed by atoms with Crippen LogP contribution >= 0.6 is 0 Å². The molecular formula is C13H16N2O4S. The summed E-state index contributed by atoms with van der Waals surface area (Å²) in [5.41, 5.74) is 1.48. The van der Waals surface area contributed by atoms with Crippen molar-refractivity contribution >= 4 is 10.0 Å². The summed E-state index contributed by atoms with van der Waals surface area (Å²) in [5, 5.41) is 0. The van der Waals surface area contributed by atoms with Crippen LogP contribution in [0.25, 0.3) is 0 Å². The molecular weight excluding hydrogens is 280 g/mol. The van der Waals surface area contributed by atoms with Crippen LogP contribution in [-0.2, 0) is 16.4 Å². The first-order chi connectivity index (χ1) is 9.53. The van der Waals surface area contributed by atoms with Crippen molar-refractivity contribution in [3.05, 3.63) is 42.1 Å². The first-order valence-corrected chi connectivity index (χ1v) is 7.52. The van der Waals surface area contributed by atoms with Gasteiger partial charge in [-0.2, -0.15) is 0 Å². The number of hydrogen-bond acceptors (Lipinski definition) is 5. The van der Waals surface area contributed by atoms with Gasteiger partial charge in [0.25, 0.3) is 0 Å². The van der Waals surface area contributed by atoms with E-state index in [-0.39, 0.29) is 11.4 Å². The topological polar surface area (TPSA) is 81.4 Å². The van der Waals surface area contributed by atoms with Crippen molar-refractivity contribution in [2.75, 3.05) is 13.7 Å². The Kier molecular flexibility index (Phi) is 4.41. The number of nitrogens with zero attached hydrogens (tertiary/aromatic N) is 1. The smallest absolute Gasteiger partial charge is 0.240 e. The predicted molar refractivity (Wildman–Crippen MR) is 73.1 cm³/mol. The lowest BCUT2D eigenvalue weighted by Gasteiger charge is -2.09. The Morgan fingerprint density at radius 2 is 2.20 bits per heavy atom. The van der Waals surface area contributed by atoms with Crippen LogP contribution in [0.1, 0.15) is 11.3 Å². The van der Waals surface area contributed by atoms with Crippen molar-refractivity contribution in [3.63, 3.8) is 0 Å². The van der Waals surface area contributed by atoms with Crippen LogP contribution in [0.3, 0.4) is 0 Å². The monoisotopic (exact) mass is 296 g/mol. The summed E-state index contributed by atoms with van der Waals surface area (Å²) in [6.07, 6.45) is 3.29. The van der Waals surface area contributed by atoms with Crippen LogP contribution in [0.5, 0.6) is 5.75 Å². The molecule has 1 heterocycles. The molecule has 0 aliphatic carbocycles. The summed E-state index contributed by atoms with van der Waals surface area (Å²) in [6, 6.07) is 4.74. The molecule has 0 spiro atoms. The van der Waals surface area contributed by atoms with E-state index in [4.69, 9.17) is 9.15 Å². The fraction of sp³-hybridized carbons (Fsp3) is 0.308. The maximum Gasteiger partial charge on any atom is 0.240 e. The van der Waals surface area contributed by atoms with E-state index in [9.17, 15) is 8.42 Å². The van der Waals surface area contributed by atoms with Gasteiger partial charge >= 0.3 is 0 Å². The second-order valence-corrected chi connectivity index (χ2v) is 6.03. The van der Waals surface area contributed by atoms with Crippen LogP contribution in [-0.4, -0.2) is 27.1 Å². The maximum absolute atomic E-state index is 12.1. The van der Waals surface area contributed by atoms with Gasteiger partial charge in [0.15, 0.2) is 6.39 Å². The van der Waals surface area contributed by atoms with Gasteiger partial charge < -0.3 is 9.15 Å². The molecule has 20 heavy (non-hydrogen) atoms. The molecule has 2 aromatic rings. The minimum Gasteiger partial charge on any atom is -0.496 e.